The highest BCUT2D eigenvalue weighted by Gasteiger charge is 2.38. The summed E-state index contributed by atoms with van der Waals surface area (Å²) in [6, 6.07) is 6.49. The molecular weight excluding hydrogens is 268 g/mol. The number of aryl methyl sites for hydroxylation is 1. The number of rotatable bonds is 0. The fraction of sp³-hybridized carbons (Fsp3) is 0.538. The van der Waals surface area contributed by atoms with Crippen LogP contribution < -0.4 is 0 Å². The average molecular weight is 283 g/mol. The molecule has 86 valence electrons. The minimum Gasteiger partial charge on any atom is -0.349 e. The van der Waals surface area contributed by atoms with Crippen molar-refractivity contribution < 1.29 is 9.47 Å². The van der Waals surface area contributed by atoms with E-state index >= 15 is 0 Å². The number of hydrogen-bond acceptors (Lipinski definition) is 2. The molecule has 3 heteroatoms. The molecule has 1 aromatic carbocycles. The van der Waals surface area contributed by atoms with Gasteiger partial charge >= 0.3 is 0 Å². The molecule has 3 rings (SSSR count). The van der Waals surface area contributed by atoms with Gasteiger partial charge in [-0.15, -0.1) is 0 Å². The van der Waals surface area contributed by atoms with Gasteiger partial charge in [0.05, 0.1) is 13.2 Å². The molecular formula is C13H15BrO2. The van der Waals surface area contributed by atoms with Crippen LogP contribution in [0.1, 0.15) is 24.0 Å². The molecule has 1 fully saturated rings. The fourth-order valence-electron chi connectivity index (χ4n) is 2.57. The van der Waals surface area contributed by atoms with Gasteiger partial charge in [-0.05, 0) is 36.1 Å². The molecule has 0 saturated carbocycles. The Kier molecular flexibility index (Phi) is 2.78. The minimum atomic E-state index is -0.320. The molecule has 0 radical (unpaired) electrons. The van der Waals surface area contributed by atoms with Crippen LogP contribution in [0, 0.1) is 0 Å². The van der Waals surface area contributed by atoms with E-state index in [1.807, 2.05) is 0 Å². The zero-order chi connectivity index (χ0) is 11.0. The van der Waals surface area contributed by atoms with Crippen LogP contribution in [0.15, 0.2) is 22.7 Å². The largest absolute Gasteiger partial charge is 0.349 e. The second-order valence-corrected chi connectivity index (χ2v) is 5.47. The molecule has 0 unspecified atom stereocenters. The van der Waals surface area contributed by atoms with Gasteiger partial charge in [0, 0.05) is 17.3 Å². The molecule has 2 nitrogen and oxygen atoms in total. The molecule has 1 spiro atoms. The molecule has 0 aromatic heterocycles. The van der Waals surface area contributed by atoms with E-state index in [1.54, 1.807) is 0 Å². The highest BCUT2D eigenvalue weighted by atomic mass is 79.9. The van der Waals surface area contributed by atoms with Crippen LogP contribution in [0.3, 0.4) is 0 Å². The minimum absolute atomic E-state index is 0.320. The van der Waals surface area contributed by atoms with Crippen molar-refractivity contribution >= 4 is 15.9 Å². The highest BCUT2D eigenvalue weighted by molar-refractivity contribution is 9.10. The Morgan fingerprint density at radius 1 is 1.12 bits per heavy atom. The Hall–Kier alpha value is -0.380. The van der Waals surface area contributed by atoms with Crippen molar-refractivity contribution in [1.29, 1.82) is 0 Å². The van der Waals surface area contributed by atoms with E-state index in [-0.39, 0.29) is 5.79 Å². The van der Waals surface area contributed by atoms with Crippen LogP contribution in [-0.4, -0.2) is 19.0 Å². The van der Waals surface area contributed by atoms with Gasteiger partial charge in [0.1, 0.15) is 0 Å². The monoisotopic (exact) mass is 282 g/mol. The summed E-state index contributed by atoms with van der Waals surface area (Å²) < 4.78 is 12.9. The summed E-state index contributed by atoms with van der Waals surface area (Å²) >= 11 is 3.52. The van der Waals surface area contributed by atoms with Crippen molar-refractivity contribution in [3.8, 4) is 0 Å². The first-order valence-electron chi connectivity index (χ1n) is 5.83. The van der Waals surface area contributed by atoms with Gasteiger partial charge in [-0.25, -0.2) is 0 Å². The molecule has 1 saturated heterocycles. The zero-order valence-electron chi connectivity index (χ0n) is 9.17. The summed E-state index contributed by atoms with van der Waals surface area (Å²) in [6.45, 7) is 1.68. The number of ether oxygens (including phenoxy) is 2. The number of halogens is 1. The molecule has 1 aliphatic heterocycles. The summed E-state index contributed by atoms with van der Waals surface area (Å²) in [5, 5.41) is 0. The van der Waals surface area contributed by atoms with E-state index < -0.39 is 0 Å². The molecule has 1 aromatic rings. The quantitative estimate of drug-likeness (QED) is 0.728. The van der Waals surface area contributed by atoms with Crippen molar-refractivity contribution in [2.45, 2.75) is 31.5 Å². The fourth-order valence-corrected chi connectivity index (χ4v) is 2.98. The van der Waals surface area contributed by atoms with E-state index in [0.29, 0.717) is 0 Å². The van der Waals surface area contributed by atoms with Crippen molar-refractivity contribution in [1.82, 2.24) is 0 Å². The maximum absolute atomic E-state index is 5.86. The standard InChI is InChI=1S/C13H15BrO2/c14-12-3-2-11-9-13(5-4-10(11)8-12)15-6-1-7-16-13/h2-3,8H,1,4-7,9H2. The Balaban J connectivity index is 1.88. The van der Waals surface area contributed by atoms with Gasteiger partial charge in [-0.3, -0.25) is 0 Å². The number of hydrogen-bond donors (Lipinski definition) is 0. The second kappa shape index (κ2) is 4.13. The topological polar surface area (TPSA) is 18.5 Å². The first-order valence-corrected chi connectivity index (χ1v) is 6.62. The van der Waals surface area contributed by atoms with Crippen LogP contribution in [-0.2, 0) is 22.3 Å². The summed E-state index contributed by atoms with van der Waals surface area (Å²) in [7, 11) is 0. The molecule has 0 bridgehead atoms. The maximum atomic E-state index is 5.86. The smallest absolute Gasteiger partial charge is 0.172 e. The molecule has 1 aliphatic carbocycles. The Labute approximate surface area is 104 Å². The van der Waals surface area contributed by atoms with Gasteiger partial charge < -0.3 is 9.47 Å². The molecule has 16 heavy (non-hydrogen) atoms. The summed E-state index contributed by atoms with van der Waals surface area (Å²) in [4.78, 5) is 0. The lowest BCUT2D eigenvalue weighted by Gasteiger charge is -2.40. The third-order valence-electron chi connectivity index (χ3n) is 3.42. The van der Waals surface area contributed by atoms with Crippen LogP contribution in [0.25, 0.3) is 0 Å². The van der Waals surface area contributed by atoms with Crippen molar-refractivity contribution in [2.75, 3.05) is 13.2 Å². The van der Waals surface area contributed by atoms with Gasteiger partial charge in [0.15, 0.2) is 5.79 Å². The van der Waals surface area contributed by atoms with Gasteiger partial charge in [-0.1, -0.05) is 22.0 Å². The molecule has 1 heterocycles. The first kappa shape index (κ1) is 10.8. The third kappa shape index (κ3) is 1.92. The zero-order valence-corrected chi connectivity index (χ0v) is 10.8. The number of benzene rings is 1. The van der Waals surface area contributed by atoms with Crippen LogP contribution in [0.2, 0.25) is 0 Å². The van der Waals surface area contributed by atoms with Crippen LogP contribution >= 0.6 is 15.9 Å². The Morgan fingerprint density at radius 3 is 2.75 bits per heavy atom. The average Bonchev–Trinajstić information content (AvgIpc) is 2.31. The molecule has 0 atom stereocenters. The van der Waals surface area contributed by atoms with Gasteiger partial charge in [0.2, 0.25) is 0 Å². The van der Waals surface area contributed by atoms with Crippen molar-refractivity contribution in [3.63, 3.8) is 0 Å². The van der Waals surface area contributed by atoms with Gasteiger partial charge in [-0.2, -0.15) is 0 Å². The molecule has 0 amide bonds. The summed E-state index contributed by atoms with van der Waals surface area (Å²) in [6.07, 6.45) is 3.95. The third-order valence-corrected chi connectivity index (χ3v) is 3.92. The molecule has 0 N–H and O–H groups in total. The Bertz CT molecular complexity index is 397. The first-order chi connectivity index (χ1) is 7.77. The second-order valence-electron chi connectivity index (χ2n) is 4.55. The van der Waals surface area contributed by atoms with E-state index in [1.165, 1.54) is 11.1 Å². The van der Waals surface area contributed by atoms with Gasteiger partial charge in [0.25, 0.3) is 0 Å². The molecule has 2 aliphatic rings. The lowest BCUT2D eigenvalue weighted by Crippen LogP contribution is -2.45. The maximum Gasteiger partial charge on any atom is 0.172 e. The van der Waals surface area contributed by atoms with Crippen molar-refractivity contribution in [3.05, 3.63) is 33.8 Å². The lowest BCUT2D eigenvalue weighted by molar-refractivity contribution is -0.271. The Morgan fingerprint density at radius 2 is 1.94 bits per heavy atom. The van der Waals surface area contributed by atoms with E-state index in [2.05, 4.69) is 34.1 Å². The number of fused-ring (bicyclic) bond motifs is 1. The van der Waals surface area contributed by atoms with Crippen LogP contribution in [0.5, 0.6) is 0 Å². The van der Waals surface area contributed by atoms with Crippen LogP contribution in [0.4, 0.5) is 0 Å². The van der Waals surface area contributed by atoms with E-state index in [0.717, 1.165) is 43.4 Å². The van der Waals surface area contributed by atoms with Crippen molar-refractivity contribution in [2.24, 2.45) is 0 Å². The predicted molar refractivity (Wildman–Crippen MR) is 65.4 cm³/mol. The highest BCUT2D eigenvalue weighted by Crippen LogP contribution is 2.35. The summed E-state index contributed by atoms with van der Waals surface area (Å²) in [5.41, 5.74) is 2.80. The van der Waals surface area contributed by atoms with E-state index in [4.69, 9.17) is 9.47 Å². The lowest BCUT2D eigenvalue weighted by atomic mass is 9.87. The summed E-state index contributed by atoms with van der Waals surface area (Å²) in [5.74, 6) is -0.320. The SMILES string of the molecule is Brc1ccc2c(c1)CCC1(C2)OCCCO1. The predicted octanol–water partition coefficient (Wildman–Crippen LogP) is 3.07. The van der Waals surface area contributed by atoms with E-state index in [9.17, 15) is 0 Å². The normalized spacial score (nSPS) is 23.1.